The molecule has 1 aromatic rings. The Bertz CT molecular complexity index is 587. The third-order valence-corrected chi connectivity index (χ3v) is 4.49. The van der Waals surface area contributed by atoms with Crippen LogP contribution < -0.4 is 11.1 Å². The van der Waals surface area contributed by atoms with Crippen LogP contribution in [0.15, 0.2) is 18.2 Å². The molecule has 1 aromatic carbocycles. The number of rotatable bonds is 4. The lowest BCUT2D eigenvalue weighted by atomic mass is 10.1. The van der Waals surface area contributed by atoms with Gasteiger partial charge < -0.3 is 16.0 Å². The van der Waals surface area contributed by atoms with Gasteiger partial charge in [-0.3, -0.25) is 9.59 Å². The second-order valence-electron chi connectivity index (χ2n) is 6.10. The molecule has 0 bridgehead atoms. The van der Waals surface area contributed by atoms with Crippen molar-refractivity contribution in [2.75, 3.05) is 6.54 Å². The third-order valence-electron chi connectivity index (χ3n) is 3.78. The van der Waals surface area contributed by atoms with E-state index in [1.165, 1.54) is 4.90 Å². The molecule has 2 amide bonds. The van der Waals surface area contributed by atoms with Crippen LogP contribution >= 0.6 is 23.2 Å². The molecule has 0 saturated carbocycles. The van der Waals surface area contributed by atoms with Gasteiger partial charge in [0, 0.05) is 28.7 Å². The fourth-order valence-electron chi connectivity index (χ4n) is 2.73. The summed E-state index contributed by atoms with van der Waals surface area (Å²) in [5, 5.41) is 3.72. The molecule has 0 unspecified atom stereocenters. The molecule has 0 aliphatic carbocycles. The molecule has 7 heteroatoms. The highest BCUT2D eigenvalue weighted by atomic mass is 35.5. The molecular formula is C16H21Cl2N3O2. The maximum Gasteiger partial charge on any atom is 0.243 e. The molecular weight excluding hydrogens is 337 g/mol. The zero-order valence-electron chi connectivity index (χ0n) is 13.2. The van der Waals surface area contributed by atoms with E-state index in [2.05, 4.69) is 5.32 Å². The monoisotopic (exact) mass is 357 g/mol. The molecule has 23 heavy (non-hydrogen) atoms. The number of likely N-dealkylation sites (tertiary alicyclic amines) is 1. The highest BCUT2D eigenvalue weighted by Gasteiger charge is 2.38. The topological polar surface area (TPSA) is 75.4 Å². The van der Waals surface area contributed by atoms with Crippen molar-refractivity contribution in [1.82, 2.24) is 10.2 Å². The molecule has 1 aliphatic heterocycles. The van der Waals surface area contributed by atoms with Crippen LogP contribution in [0.1, 0.15) is 25.8 Å². The summed E-state index contributed by atoms with van der Waals surface area (Å²) >= 11 is 12.2. The summed E-state index contributed by atoms with van der Waals surface area (Å²) < 4.78 is 0. The molecule has 0 spiro atoms. The van der Waals surface area contributed by atoms with Crippen molar-refractivity contribution in [3.63, 3.8) is 0 Å². The SMILES string of the molecule is CC(C)NC(=O)[C@@H]1C[C@@H](N)CN1C(=O)Cc1c(Cl)cccc1Cl. The third kappa shape index (κ3) is 4.37. The molecule has 126 valence electrons. The average molecular weight is 358 g/mol. The number of carbonyl (C=O) groups excluding carboxylic acids is 2. The van der Waals surface area contributed by atoms with Gasteiger partial charge in [-0.15, -0.1) is 0 Å². The Morgan fingerprint density at radius 3 is 2.52 bits per heavy atom. The molecule has 5 nitrogen and oxygen atoms in total. The van der Waals surface area contributed by atoms with Gasteiger partial charge in [-0.05, 0) is 38.0 Å². The number of hydrogen-bond donors (Lipinski definition) is 2. The maximum atomic E-state index is 12.6. The van der Waals surface area contributed by atoms with Crippen molar-refractivity contribution in [2.24, 2.45) is 5.73 Å². The lowest BCUT2D eigenvalue weighted by Gasteiger charge is -2.25. The predicted molar refractivity (Wildman–Crippen MR) is 91.5 cm³/mol. The van der Waals surface area contributed by atoms with Crippen LogP contribution in [0.2, 0.25) is 10.0 Å². The average Bonchev–Trinajstić information content (AvgIpc) is 2.84. The van der Waals surface area contributed by atoms with Gasteiger partial charge in [0.2, 0.25) is 11.8 Å². The minimum absolute atomic E-state index is 0.00860. The summed E-state index contributed by atoms with van der Waals surface area (Å²) in [5.41, 5.74) is 6.52. The highest BCUT2D eigenvalue weighted by molar-refractivity contribution is 6.36. The van der Waals surface area contributed by atoms with E-state index in [4.69, 9.17) is 28.9 Å². The van der Waals surface area contributed by atoms with Crippen LogP contribution in [0.25, 0.3) is 0 Å². The summed E-state index contributed by atoms with van der Waals surface area (Å²) in [7, 11) is 0. The van der Waals surface area contributed by atoms with Crippen LogP contribution in [-0.4, -0.2) is 41.4 Å². The standard InChI is InChI=1S/C16H21Cl2N3O2/c1-9(2)20-16(23)14-6-10(19)8-21(14)15(22)7-11-12(17)4-3-5-13(11)18/h3-5,9-10,14H,6-8,19H2,1-2H3,(H,20,23)/t10-,14+/m1/s1. The summed E-state index contributed by atoms with van der Waals surface area (Å²) in [5.74, 6) is -0.372. The van der Waals surface area contributed by atoms with E-state index < -0.39 is 6.04 Å². The molecule has 2 rings (SSSR count). The lowest BCUT2D eigenvalue weighted by Crippen LogP contribution is -2.48. The van der Waals surface area contributed by atoms with Crippen molar-refractivity contribution in [3.05, 3.63) is 33.8 Å². The fourth-order valence-corrected chi connectivity index (χ4v) is 3.26. The minimum Gasteiger partial charge on any atom is -0.352 e. The van der Waals surface area contributed by atoms with Crippen molar-refractivity contribution in [1.29, 1.82) is 0 Å². The van der Waals surface area contributed by atoms with E-state index >= 15 is 0 Å². The smallest absolute Gasteiger partial charge is 0.243 e. The first kappa shape index (κ1) is 18.0. The summed E-state index contributed by atoms with van der Waals surface area (Å²) in [4.78, 5) is 26.5. The first-order chi connectivity index (χ1) is 10.8. The Hall–Kier alpha value is -1.30. The Labute approximate surface area is 146 Å². The molecule has 0 aromatic heterocycles. The van der Waals surface area contributed by atoms with Gasteiger partial charge in [0.25, 0.3) is 0 Å². The quantitative estimate of drug-likeness (QED) is 0.864. The van der Waals surface area contributed by atoms with E-state index in [9.17, 15) is 9.59 Å². The second kappa shape index (κ2) is 7.51. The normalized spacial score (nSPS) is 20.9. The van der Waals surface area contributed by atoms with Crippen molar-refractivity contribution in [2.45, 2.75) is 44.8 Å². The van der Waals surface area contributed by atoms with Crippen LogP contribution in [0.3, 0.4) is 0 Å². The van der Waals surface area contributed by atoms with Gasteiger partial charge >= 0.3 is 0 Å². The Balaban J connectivity index is 2.15. The molecule has 3 N–H and O–H groups in total. The first-order valence-corrected chi connectivity index (χ1v) is 8.33. The molecule has 1 fully saturated rings. The second-order valence-corrected chi connectivity index (χ2v) is 6.91. The van der Waals surface area contributed by atoms with Crippen LogP contribution in [0.5, 0.6) is 0 Å². The van der Waals surface area contributed by atoms with Gasteiger partial charge in [0.1, 0.15) is 6.04 Å². The number of benzene rings is 1. The van der Waals surface area contributed by atoms with Crippen LogP contribution in [0.4, 0.5) is 0 Å². The summed E-state index contributed by atoms with van der Waals surface area (Å²) in [6, 6.07) is 4.37. The fraction of sp³-hybridized carbons (Fsp3) is 0.500. The largest absolute Gasteiger partial charge is 0.352 e. The van der Waals surface area contributed by atoms with E-state index in [0.29, 0.717) is 28.6 Å². The Morgan fingerprint density at radius 2 is 1.96 bits per heavy atom. The summed E-state index contributed by atoms with van der Waals surface area (Å²) in [6.07, 6.45) is 0.511. The molecule has 1 heterocycles. The zero-order valence-corrected chi connectivity index (χ0v) is 14.7. The maximum absolute atomic E-state index is 12.6. The molecule has 0 radical (unpaired) electrons. The number of nitrogens with two attached hydrogens (primary N) is 1. The number of amides is 2. The van der Waals surface area contributed by atoms with E-state index in [1.54, 1.807) is 18.2 Å². The summed E-state index contributed by atoms with van der Waals surface area (Å²) in [6.45, 7) is 4.11. The highest BCUT2D eigenvalue weighted by Crippen LogP contribution is 2.26. The minimum atomic E-state index is -0.541. The lowest BCUT2D eigenvalue weighted by molar-refractivity contribution is -0.138. The molecule has 1 saturated heterocycles. The van der Waals surface area contributed by atoms with E-state index in [-0.39, 0.29) is 30.3 Å². The molecule has 1 aliphatic rings. The van der Waals surface area contributed by atoms with E-state index in [0.717, 1.165) is 0 Å². The predicted octanol–water partition coefficient (Wildman–Crippen LogP) is 1.99. The Morgan fingerprint density at radius 1 is 1.35 bits per heavy atom. The first-order valence-electron chi connectivity index (χ1n) is 7.58. The Kier molecular flexibility index (Phi) is 5.89. The van der Waals surface area contributed by atoms with Gasteiger partial charge in [-0.25, -0.2) is 0 Å². The number of carbonyl (C=O) groups is 2. The number of hydrogen-bond acceptors (Lipinski definition) is 3. The van der Waals surface area contributed by atoms with Gasteiger partial charge in [0.15, 0.2) is 0 Å². The van der Waals surface area contributed by atoms with Gasteiger partial charge in [-0.2, -0.15) is 0 Å². The van der Waals surface area contributed by atoms with Crippen molar-refractivity contribution in [3.8, 4) is 0 Å². The number of nitrogens with zero attached hydrogens (tertiary/aromatic N) is 1. The van der Waals surface area contributed by atoms with Crippen LogP contribution in [0, 0.1) is 0 Å². The number of nitrogens with one attached hydrogen (secondary N) is 1. The van der Waals surface area contributed by atoms with E-state index in [1.807, 2.05) is 13.8 Å². The van der Waals surface area contributed by atoms with Crippen molar-refractivity contribution >= 4 is 35.0 Å². The van der Waals surface area contributed by atoms with Gasteiger partial charge in [0.05, 0.1) is 6.42 Å². The molecule has 2 atom stereocenters. The zero-order chi connectivity index (χ0) is 17.1. The van der Waals surface area contributed by atoms with Crippen molar-refractivity contribution < 1.29 is 9.59 Å². The number of halogens is 2. The van der Waals surface area contributed by atoms with Gasteiger partial charge in [-0.1, -0.05) is 29.3 Å². The van der Waals surface area contributed by atoms with Crippen LogP contribution in [-0.2, 0) is 16.0 Å².